The van der Waals surface area contributed by atoms with Crippen molar-refractivity contribution in [1.82, 2.24) is 9.47 Å². The van der Waals surface area contributed by atoms with E-state index in [0.717, 1.165) is 10.2 Å². The predicted molar refractivity (Wildman–Crippen MR) is 115 cm³/mol. The predicted octanol–water partition coefficient (Wildman–Crippen LogP) is 4.87. The molecule has 28 heavy (non-hydrogen) atoms. The fourth-order valence-corrected chi connectivity index (χ4v) is 3.22. The van der Waals surface area contributed by atoms with Crippen molar-refractivity contribution in [3.8, 4) is 11.8 Å². The van der Waals surface area contributed by atoms with Crippen LogP contribution in [0.25, 0.3) is 5.69 Å². The molecule has 0 spiro atoms. The number of ketones is 1. The van der Waals surface area contributed by atoms with Crippen LogP contribution in [0.2, 0.25) is 0 Å². The van der Waals surface area contributed by atoms with Crippen LogP contribution in [0.15, 0.2) is 64.1 Å². The molecular formula is C22H19BrN4O. The molecule has 0 bridgehead atoms. The second kappa shape index (κ2) is 8.24. The van der Waals surface area contributed by atoms with Gasteiger partial charge in [-0.1, -0.05) is 34.1 Å². The van der Waals surface area contributed by atoms with E-state index >= 15 is 0 Å². The second-order valence-corrected chi connectivity index (χ2v) is 7.40. The van der Waals surface area contributed by atoms with Crippen molar-refractivity contribution >= 4 is 33.7 Å². The second-order valence-electron chi connectivity index (χ2n) is 6.48. The van der Waals surface area contributed by atoms with E-state index in [9.17, 15) is 10.1 Å². The largest absolute Gasteiger partial charge is 0.369 e. The zero-order valence-corrected chi connectivity index (χ0v) is 17.4. The summed E-state index contributed by atoms with van der Waals surface area (Å²) in [6.45, 7) is 1.83. The number of carbonyl (C=O) groups excluding carboxylic acids is 1. The molecule has 5 nitrogen and oxygen atoms in total. The van der Waals surface area contributed by atoms with Gasteiger partial charge in [-0.05, 0) is 43.3 Å². The molecule has 0 aliphatic carbocycles. The van der Waals surface area contributed by atoms with Gasteiger partial charge in [0.05, 0.1) is 11.9 Å². The molecule has 1 heterocycles. The summed E-state index contributed by atoms with van der Waals surface area (Å²) >= 11 is 3.40. The van der Waals surface area contributed by atoms with Gasteiger partial charge in [-0.15, -0.1) is 0 Å². The van der Waals surface area contributed by atoms with Gasteiger partial charge < -0.3 is 9.47 Å². The van der Waals surface area contributed by atoms with Gasteiger partial charge in [0, 0.05) is 35.5 Å². The molecule has 140 valence electrons. The third-order valence-electron chi connectivity index (χ3n) is 4.25. The van der Waals surface area contributed by atoms with E-state index in [2.05, 4.69) is 27.0 Å². The van der Waals surface area contributed by atoms with Gasteiger partial charge in [0.2, 0.25) is 5.78 Å². The van der Waals surface area contributed by atoms with Crippen LogP contribution in [0, 0.1) is 18.3 Å². The van der Waals surface area contributed by atoms with Crippen molar-refractivity contribution in [2.45, 2.75) is 6.92 Å². The molecule has 0 aliphatic heterocycles. The molecule has 3 aromatic rings. The van der Waals surface area contributed by atoms with Crippen molar-refractivity contribution in [3.63, 3.8) is 0 Å². The zero-order valence-electron chi connectivity index (χ0n) is 15.8. The molecule has 0 fully saturated rings. The molecular weight excluding hydrogens is 416 g/mol. The van der Waals surface area contributed by atoms with E-state index in [4.69, 9.17) is 0 Å². The monoisotopic (exact) mass is 434 g/mol. The van der Waals surface area contributed by atoms with Gasteiger partial charge in [0.1, 0.15) is 17.5 Å². The van der Waals surface area contributed by atoms with Crippen LogP contribution in [0.1, 0.15) is 27.3 Å². The average Bonchev–Trinajstić information content (AvgIpc) is 2.98. The first-order chi connectivity index (χ1) is 13.4. The smallest absolute Gasteiger partial charge is 0.212 e. The van der Waals surface area contributed by atoms with E-state index in [1.807, 2.05) is 68.1 Å². The molecule has 0 amide bonds. The summed E-state index contributed by atoms with van der Waals surface area (Å²) < 4.78 is 2.70. The first kappa shape index (κ1) is 19.6. The summed E-state index contributed by atoms with van der Waals surface area (Å²) in [6, 6.07) is 18.9. The Bertz CT molecular complexity index is 1070. The first-order valence-corrected chi connectivity index (χ1v) is 9.45. The van der Waals surface area contributed by atoms with Crippen LogP contribution in [-0.4, -0.2) is 35.7 Å². The number of nitrogens with zero attached hydrogens (tertiary/aromatic N) is 4. The highest BCUT2D eigenvalue weighted by molar-refractivity contribution is 9.10. The highest BCUT2D eigenvalue weighted by atomic mass is 79.9. The fraction of sp³-hybridized carbons (Fsp3) is 0.136. The molecule has 0 unspecified atom stereocenters. The number of carbonyl (C=O) groups is 1. The minimum atomic E-state index is -0.188. The number of benzene rings is 2. The maximum Gasteiger partial charge on any atom is 0.212 e. The normalized spacial score (nSPS) is 10.8. The lowest BCUT2D eigenvalue weighted by Crippen LogP contribution is -2.11. The van der Waals surface area contributed by atoms with Gasteiger partial charge in [-0.2, -0.15) is 5.26 Å². The zero-order chi connectivity index (χ0) is 20.3. The molecule has 2 aromatic carbocycles. The van der Waals surface area contributed by atoms with Crippen LogP contribution in [0.3, 0.4) is 0 Å². The minimum Gasteiger partial charge on any atom is -0.369 e. The molecule has 0 atom stereocenters. The van der Waals surface area contributed by atoms with E-state index in [-0.39, 0.29) is 5.78 Å². The molecule has 0 radical (unpaired) electrons. The van der Waals surface area contributed by atoms with Gasteiger partial charge in [0.15, 0.2) is 0 Å². The fourth-order valence-electron chi connectivity index (χ4n) is 2.95. The summed E-state index contributed by atoms with van der Waals surface area (Å²) in [4.78, 5) is 19.7. The van der Waals surface area contributed by atoms with E-state index in [0.29, 0.717) is 28.2 Å². The van der Waals surface area contributed by atoms with Crippen LogP contribution in [0.5, 0.6) is 0 Å². The number of hydrogen-bond acceptors (Lipinski definition) is 3. The Morgan fingerprint density at radius 2 is 1.79 bits per heavy atom. The average molecular weight is 435 g/mol. The van der Waals surface area contributed by atoms with Crippen molar-refractivity contribution in [1.29, 1.82) is 5.26 Å². The van der Waals surface area contributed by atoms with Gasteiger partial charge in [-0.25, -0.2) is 4.99 Å². The van der Waals surface area contributed by atoms with E-state index < -0.39 is 0 Å². The summed E-state index contributed by atoms with van der Waals surface area (Å²) in [5.41, 5.74) is 3.17. The molecule has 0 N–H and O–H groups in total. The lowest BCUT2D eigenvalue weighted by atomic mass is 10.1. The van der Waals surface area contributed by atoms with Crippen LogP contribution in [-0.2, 0) is 0 Å². The molecule has 0 saturated heterocycles. The molecule has 0 saturated carbocycles. The highest BCUT2D eigenvalue weighted by Crippen LogP contribution is 2.34. The molecule has 6 heteroatoms. The lowest BCUT2D eigenvalue weighted by Gasteiger charge is -2.12. The third-order valence-corrected chi connectivity index (χ3v) is 4.78. The van der Waals surface area contributed by atoms with Crippen LogP contribution < -0.4 is 0 Å². The number of rotatable bonds is 5. The standard InChI is InChI=1S/C22H19BrN4O/c1-15-19(13-24)20(25-14-26(2)3)21(27(15)18-7-5-4-6-8-18)22(28)16-9-11-17(23)12-10-16/h4-12,14H,1-3H3. The maximum absolute atomic E-state index is 13.5. The quantitative estimate of drug-likeness (QED) is 0.326. The SMILES string of the molecule is Cc1c(C#N)c(N=CN(C)C)c(C(=O)c2ccc(Br)cc2)n1-c1ccccc1. The summed E-state index contributed by atoms with van der Waals surface area (Å²) in [7, 11) is 3.68. The van der Waals surface area contributed by atoms with Crippen LogP contribution in [0.4, 0.5) is 5.69 Å². The van der Waals surface area contributed by atoms with Gasteiger partial charge in [-0.3, -0.25) is 4.79 Å². The number of aliphatic imine (C=N–C) groups is 1. The Balaban J connectivity index is 2.32. The number of halogens is 1. The Hall–Kier alpha value is -3.17. The Morgan fingerprint density at radius 1 is 1.14 bits per heavy atom. The number of hydrogen-bond donors (Lipinski definition) is 0. The van der Waals surface area contributed by atoms with E-state index in [1.54, 1.807) is 23.4 Å². The summed E-state index contributed by atoms with van der Waals surface area (Å²) in [5.74, 6) is -0.188. The number of aromatic nitrogens is 1. The van der Waals surface area contributed by atoms with Crippen molar-refractivity contribution in [2.75, 3.05) is 14.1 Å². The molecule has 1 aromatic heterocycles. The Labute approximate surface area is 172 Å². The summed E-state index contributed by atoms with van der Waals surface area (Å²) in [6.07, 6.45) is 1.60. The number of nitriles is 1. The number of para-hydroxylation sites is 1. The lowest BCUT2D eigenvalue weighted by molar-refractivity contribution is 0.103. The van der Waals surface area contributed by atoms with Gasteiger partial charge >= 0.3 is 0 Å². The van der Waals surface area contributed by atoms with Gasteiger partial charge in [0.25, 0.3) is 0 Å². The van der Waals surface area contributed by atoms with Crippen molar-refractivity contribution in [2.24, 2.45) is 4.99 Å². The Kier molecular flexibility index (Phi) is 5.76. The van der Waals surface area contributed by atoms with E-state index in [1.165, 1.54) is 0 Å². The third kappa shape index (κ3) is 3.75. The highest BCUT2D eigenvalue weighted by Gasteiger charge is 2.27. The minimum absolute atomic E-state index is 0.188. The van der Waals surface area contributed by atoms with Crippen LogP contribution >= 0.6 is 15.9 Å². The summed E-state index contributed by atoms with van der Waals surface area (Å²) in [5, 5.41) is 9.77. The van der Waals surface area contributed by atoms with Crippen molar-refractivity contribution in [3.05, 3.63) is 81.6 Å². The van der Waals surface area contributed by atoms with Crippen molar-refractivity contribution < 1.29 is 4.79 Å². The molecule has 3 rings (SSSR count). The Morgan fingerprint density at radius 3 is 2.36 bits per heavy atom. The molecule has 0 aliphatic rings. The topological polar surface area (TPSA) is 61.4 Å². The first-order valence-electron chi connectivity index (χ1n) is 8.65. The maximum atomic E-state index is 13.5.